The van der Waals surface area contributed by atoms with Crippen LogP contribution in [0.4, 0.5) is 4.39 Å². The quantitative estimate of drug-likeness (QED) is 0.637. The molecule has 0 saturated carbocycles. The predicted octanol–water partition coefficient (Wildman–Crippen LogP) is 3.84. The van der Waals surface area contributed by atoms with Crippen molar-refractivity contribution in [1.29, 1.82) is 0 Å². The molecular formula is C21H23FN2O4S2. The van der Waals surface area contributed by atoms with Crippen molar-refractivity contribution in [1.82, 2.24) is 9.71 Å². The molecular weight excluding hydrogens is 427 g/mol. The van der Waals surface area contributed by atoms with E-state index in [-0.39, 0.29) is 24.4 Å². The fraction of sp³-hybridized carbons (Fsp3) is 0.333. The largest absolute Gasteiger partial charge is 0.478 e. The first kappa shape index (κ1) is 22.3. The molecule has 1 aliphatic rings. The second-order valence-electron chi connectivity index (χ2n) is 6.96. The smallest absolute Gasteiger partial charge is 0.335 e. The Morgan fingerprint density at radius 3 is 2.67 bits per heavy atom. The number of nitrogens with zero attached hydrogens (tertiary/aromatic N) is 1. The first-order chi connectivity index (χ1) is 14.2. The summed E-state index contributed by atoms with van der Waals surface area (Å²) in [4.78, 5) is 16.9. The van der Waals surface area contributed by atoms with Gasteiger partial charge in [-0.3, -0.25) is 0 Å². The number of benzene rings is 1. The number of thiazole rings is 1. The van der Waals surface area contributed by atoms with Crippen LogP contribution in [0, 0.1) is 12.7 Å². The van der Waals surface area contributed by atoms with Gasteiger partial charge in [-0.2, -0.15) is 0 Å². The van der Waals surface area contributed by atoms with E-state index < -0.39 is 21.2 Å². The third kappa shape index (κ3) is 5.03. The summed E-state index contributed by atoms with van der Waals surface area (Å²) in [6.07, 6.45) is 4.20. The number of aliphatic carboxylic acids is 1. The van der Waals surface area contributed by atoms with Gasteiger partial charge < -0.3 is 5.11 Å². The Morgan fingerprint density at radius 2 is 2.03 bits per heavy atom. The molecule has 3 rings (SSSR count). The molecule has 6 nitrogen and oxygen atoms in total. The molecule has 0 spiro atoms. The minimum atomic E-state index is -3.71. The van der Waals surface area contributed by atoms with Gasteiger partial charge in [-0.15, -0.1) is 11.3 Å². The molecule has 0 saturated heterocycles. The fourth-order valence-electron chi connectivity index (χ4n) is 3.28. The molecule has 1 atom stereocenters. The lowest BCUT2D eigenvalue weighted by Gasteiger charge is -2.20. The number of sulfonamides is 1. The molecule has 2 N–H and O–H groups in total. The third-order valence-electron chi connectivity index (χ3n) is 4.95. The highest BCUT2D eigenvalue weighted by Crippen LogP contribution is 2.28. The summed E-state index contributed by atoms with van der Waals surface area (Å²) >= 11 is 1.47. The summed E-state index contributed by atoms with van der Waals surface area (Å²) in [6.45, 7) is 3.91. The van der Waals surface area contributed by atoms with Gasteiger partial charge in [0.2, 0.25) is 10.0 Å². The number of nitrogens with one attached hydrogen (secondary N) is 1. The number of aromatic nitrogens is 1. The zero-order valence-corrected chi connectivity index (χ0v) is 18.3. The average molecular weight is 451 g/mol. The maximum absolute atomic E-state index is 13.1. The number of halogens is 1. The molecule has 2 aromatic rings. The average Bonchev–Trinajstić information content (AvgIpc) is 3.08. The Morgan fingerprint density at radius 1 is 1.33 bits per heavy atom. The number of aryl methyl sites for hydroxylation is 1. The topological polar surface area (TPSA) is 96.4 Å². The van der Waals surface area contributed by atoms with Gasteiger partial charge in [0, 0.05) is 23.4 Å². The Kier molecular flexibility index (Phi) is 6.84. The number of allylic oxidation sites excluding steroid dienone is 1. The lowest BCUT2D eigenvalue weighted by atomic mass is 9.96. The highest BCUT2D eigenvalue weighted by molar-refractivity contribution is 7.90. The monoisotopic (exact) mass is 450 g/mol. The third-order valence-corrected chi connectivity index (χ3v) is 7.75. The van der Waals surface area contributed by atoms with Crippen LogP contribution in [0.2, 0.25) is 0 Å². The zero-order valence-electron chi connectivity index (χ0n) is 16.7. The zero-order chi connectivity index (χ0) is 21.9. The summed E-state index contributed by atoms with van der Waals surface area (Å²) in [5.41, 5.74) is 2.29. The van der Waals surface area contributed by atoms with E-state index in [1.54, 1.807) is 18.2 Å². The Hall–Kier alpha value is -2.36. The molecule has 1 aliphatic carbocycles. The molecule has 1 unspecified atom stereocenters. The standard InChI is InChI=1S/C21H23FN2O4S2/c1-3-14-6-9-17(12-18(14)21(25)26)30(27,28)23-11-10-19-13(2)29-20(24-19)15-4-7-16(22)8-5-15/h4-8,12,17,23H,3,9-11H2,1-2H3,(H,25,26). The number of carboxylic acid groups (broad SMARTS) is 1. The first-order valence-electron chi connectivity index (χ1n) is 9.56. The summed E-state index contributed by atoms with van der Waals surface area (Å²) in [5.74, 6) is -1.43. The number of hydrogen-bond acceptors (Lipinski definition) is 5. The van der Waals surface area contributed by atoms with Gasteiger partial charge in [-0.05, 0) is 49.6 Å². The lowest BCUT2D eigenvalue weighted by Crippen LogP contribution is -2.36. The van der Waals surface area contributed by atoms with Crippen molar-refractivity contribution >= 4 is 27.3 Å². The van der Waals surface area contributed by atoms with Gasteiger partial charge in [0.25, 0.3) is 0 Å². The number of hydrogen-bond donors (Lipinski definition) is 2. The predicted molar refractivity (Wildman–Crippen MR) is 115 cm³/mol. The molecule has 1 aromatic carbocycles. The van der Waals surface area contributed by atoms with Gasteiger partial charge in [0.15, 0.2) is 0 Å². The Bertz CT molecular complexity index is 1100. The first-order valence-corrected chi connectivity index (χ1v) is 11.9. The lowest BCUT2D eigenvalue weighted by molar-refractivity contribution is -0.132. The van der Waals surface area contributed by atoms with Gasteiger partial charge >= 0.3 is 5.97 Å². The van der Waals surface area contributed by atoms with Crippen molar-refractivity contribution < 1.29 is 22.7 Å². The van der Waals surface area contributed by atoms with Crippen molar-refractivity contribution in [2.75, 3.05) is 6.54 Å². The maximum Gasteiger partial charge on any atom is 0.335 e. The molecule has 0 aliphatic heterocycles. The van der Waals surface area contributed by atoms with Crippen LogP contribution < -0.4 is 4.72 Å². The summed E-state index contributed by atoms with van der Waals surface area (Å²) in [6, 6.07) is 6.07. The highest BCUT2D eigenvalue weighted by atomic mass is 32.2. The van der Waals surface area contributed by atoms with Crippen LogP contribution in [0.25, 0.3) is 10.6 Å². The van der Waals surface area contributed by atoms with E-state index in [4.69, 9.17) is 0 Å². The van der Waals surface area contributed by atoms with Gasteiger partial charge in [-0.25, -0.2) is 27.3 Å². The van der Waals surface area contributed by atoms with Crippen molar-refractivity contribution in [3.05, 3.63) is 64.0 Å². The molecule has 30 heavy (non-hydrogen) atoms. The molecule has 0 radical (unpaired) electrons. The van der Waals surface area contributed by atoms with Crippen LogP contribution in [0.15, 0.2) is 47.6 Å². The minimum Gasteiger partial charge on any atom is -0.478 e. The fourth-order valence-corrected chi connectivity index (χ4v) is 5.51. The van der Waals surface area contributed by atoms with Crippen molar-refractivity contribution in [3.8, 4) is 10.6 Å². The summed E-state index contributed by atoms with van der Waals surface area (Å²) in [7, 11) is -3.71. The van der Waals surface area contributed by atoms with Crippen LogP contribution in [0.3, 0.4) is 0 Å². The van der Waals surface area contributed by atoms with E-state index in [1.165, 1.54) is 29.5 Å². The van der Waals surface area contributed by atoms with Crippen LogP contribution in [-0.4, -0.2) is 36.3 Å². The van der Waals surface area contributed by atoms with E-state index in [9.17, 15) is 22.7 Å². The van der Waals surface area contributed by atoms with Crippen molar-refractivity contribution in [2.24, 2.45) is 0 Å². The van der Waals surface area contributed by atoms with Gasteiger partial charge in [0.05, 0.1) is 16.5 Å². The van der Waals surface area contributed by atoms with Gasteiger partial charge in [-0.1, -0.05) is 19.1 Å². The molecule has 0 amide bonds. The maximum atomic E-state index is 13.1. The second-order valence-corrected chi connectivity index (χ2v) is 10.1. The normalized spacial score (nSPS) is 16.8. The van der Waals surface area contributed by atoms with Crippen molar-refractivity contribution in [2.45, 2.75) is 38.4 Å². The Labute approximate surface area is 179 Å². The Balaban J connectivity index is 1.66. The van der Waals surface area contributed by atoms with Crippen LogP contribution in [0.5, 0.6) is 0 Å². The van der Waals surface area contributed by atoms with E-state index >= 15 is 0 Å². The molecule has 9 heteroatoms. The molecule has 0 fully saturated rings. The van der Waals surface area contributed by atoms with Crippen LogP contribution in [0.1, 0.15) is 30.3 Å². The molecule has 1 aromatic heterocycles. The second kappa shape index (κ2) is 9.20. The van der Waals surface area contributed by atoms with Crippen molar-refractivity contribution in [3.63, 3.8) is 0 Å². The SMILES string of the molecule is CCC1=CCC(S(=O)(=O)NCCc2nc(-c3ccc(F)cc3)sc2C)C=C1C(=O)O. The minimum absolute atomic E-state index is 0.0541. The number of rotatable bonds is 8. The molecule has 160 valence electrons. The molecule has 1 heterocycles. The highest BCUT2D eigenvalue weighted by Gasteiger charge is 2.28. The number of carboxylic acids is 1. The summed E-state index contributed by atoms with van der Waals surface area (Å²) < 4.78 is 41.0. The number of carbonyl (C=O) groups is 1. The van der Waals surface area contributed by atoms with E-state index in [1.807, 2.05) is 13.8 Å². The van der Waals surface area contributed by atoms with Crippen LogP contribution >= 0.6 is 11.3 Å². The van der Waals surface area contributed by atoms with E-state index in [0.717, 1.165) is 21.1 Å². The summed E-state index contributed by atoms with van der Waals surface area (Å²) in [5, 5.41) is 9.18. The molecule has 0 bridgehead atoms. The van der Waals surface area contributed by atoms with Gasteiger partial charge in [0.1, 0.15) is 10.8 Å². The van der Waals surface area contributed by atoms with E-state index in [0.29, 0.717) is 18.4 Å². The van der Waals surface area contributed by atoms with E-state index in [2.05, 4.69) is 9.71 Å². The van der Waals surface area contributed by atoms with Crippen LogP contribution in [-0.2, 0) is 21.2 Å².